The molecule has 2 aromatic heterocycles. The summed E-state index contributed by atoms with van der Waals surface area (Å²) >= 11 is 0. The van der Waals surface area contributed by atoms with Crippen molar-refractivity contribution in [3.8, 4) is 5.88 Å². The van der Waals surface area contributed by atoms with E-state index in [-0.39, 0.29) is 17.6 Å². The predicted molar refractivity (Wildman–Crippen MR) is 90.7 cm³/mol. The lowest BCUT2D eigenvalue weighted by Gasteiger charge is -2.39. The van der Waals surface area contributed by atoms with Gasteiger partial charge in [0.05, 0.1) is 17.9 Å². The largest absolute Gasteiger partial charge is 0.470 e. The van der Waals surface area contributed by atoms with Gasteiger partial charge in [-0.3, -0.25) is 9.88 Å². The first kappa shape index (κ1) is 16.4. The van der Waals surface area contributed by atoms with Gasteiger partial charge in [-0.25, -0.2) is 9.37 Å². The zero-order chi connectivity index (χ0) is 17.1. The Morgan fingerprint density at radius 3 is 3.00 bits per heavy atom. The predicted octanol–water partition coefficient (Wildman–Crippen LogP) is 2.82. The molecule has 4 heterocycles. The summed E-state index contributed by atoms with van der Waals surface area (Å²) in [6.45, 7) is 3.20. The summed E-state index contributed by atoms with van der Waals surface area (Å²) in [5.74, 6) is -0.363. The molecule has 2 aliphatic heterocycles. The van der Waals surface area contributed by atoms with E-state index in [0.717, 1.165) is 44.6 Å². The first-order chi connectivity index (χ1) is 12.2. The average Bonchev–Trinajstić information content (AvgIpc) is 3.00. The Labute approximate surface area is 146 Å². The number of rotatable bonds is 4. The van der Waals surface area contributed by atoms with Crippen LogP contribution in [0.25, 0.3) is 0 Å². The number of likely N-dealkylation sites (tertiary alicyclic amines) is 1. The Balaban J connectivity index is 1.38. The number of ether oxygens (including phenoxy) is 2. The van der Waals surface area contributed by atoms with Gasteiger partial charge in [0, 0.05) is 31.9 Å². The molecule has 25 heavy (non-hydrogen) atoms. The molecule has 0 unspecified atom stereocenters. The Kier molecular flexibility index (Phi) is 4.63. The first-order valence-corrected chi connectivity index (χ1v) is 8.76. The van der Waals surface area contributed by atoms with Gasteiger partial charge >= 0.3 is 0 Å². The molecule has 0 amide bonds. The fourth-order valence-electron chi connectivity index (χ4n) is 3.82. The Morgan fingerprint density at radius 1 is 1.24 bits per heavy atom. The number of aromatic nitrogens is 2. The van der Waals surface area contributed by atoms with E-state index in [2.05, 4.69) is 14.9 Å². The molecule has 2 saturated heterocycles. The van der Waals surface area contributed by atoms with Crippen LogP contribution in [0.1, 0.15) is 25.0 Å². The van der Waals surface area contributed by atoms with E-state index in [9.17, 15) is 4.39 Å². The summed E-state index contributed by atoms with van der Waals surface area (Å²) in [4.78, 5) is 10.8. The minimum absolute atomic E-state index is 0.0642. The summed E-state index contributed by atoms with van der Waals surface area (Å²) in [5, 5.41) is 0. The van der Waals surface area contributed by atoms with Crippen molar-refractivity contribution in [2.45, 2.75) is 37.5 Å². The number of pyridine rings is 2. The van der Waals surface area contributed by atoms with Crippen molar-refractivity contribution in [2.24, 2.45) is 0 Å². The van der Waals surface area contributed by atoms with Gasteiger partial charge in [-0.05, 0) is 43.7 Å². The smallest absolute Gasteiger partial charge is 0.250 e. The van der Waals surface area contributed by atoms with Crippen molar-refractivity contribution in [1.29, 1.82) is 0 Å². The fraction of sp³-hybridized carbons (Fsp3) is 0.474. The first-order valence-electron chi connectivity index (χ1n) is 8.76. The van der Waals surface area contributed by atoms with Gasteiger partial charge in [0.2, 0.25) is 0 Å². The van der Waals surface area contributed by atoms with Crippen LogP contribution in [0.15, 0.2) is 42.7 Å². The van der Waals surface area contributed by atoms with Crippen LogP contribution in [-0.2, 0) is 11.3 Å². The van der Waals surface area contributed by atoms with Gasteiger partial charge in [0.1, 0.15) is 6.10 Å². The third-order valence-corrected chi connectivity index (χ3v) is 4.91. The fourth-order valence-corrected chi connectivity index (χ4v) is 3.82. The number of hydrogen-bond donors (Lipinski definition) is 0. The van der Waals surface area contributed by atoms with E-state index in [1.165, 1.54) is 6.07 Å². The van der Waals surface area contributed by atoms with Crippen LogP contribution in [-0.4, -0.2) is 46.3 Å². The van der Waals surface area contributed by atoms with Crippen LogP contribution in [0.2, 0.25) is 0 Å². The lowest BCUT2D eigenvalue weighted by molar-refractivity contribution is -0.0541. The quantitative estimate of drug-likeness (QED) is 0.854. The van der Waals surface area contributed by atoms with Crippen LogP contribution < -0.4 is 4.74 Å². The highest BCUT2D eigenvalue weighted by Crippen LogP contribution is 2.36. The van der Waals surface area contributed by atoms with Crippen LogP contribution in [0, 0.1) is 5.82 Å². The topological polar surface area (TPSA) is 47.5 Å². The normalized spacial score (nSPS) is 26.8. The molecule has 0 aromatic carbocycles. The van der Waals surface area contributed by atoms with Gasteiger partial charge in [-0.15, -0.1) is 0 Å². The third kappa shape index (κ3) is 3.80. The molecule has 0 bridgehead atoms. The highest BCUT2D eigenvalue weighted by molar-refractivity contribution is 5.14. The van der Waals surface area contributed by atoms with Crippen molar-refractivity contribution >= 4 is 0 Å². The molecule has 2 aromatic rings. The molecule has 0 saturated carbocycles. The van der Waals surface area contributed by atoms with Crippen molar-refractivity contribution in [3.63, 3.8) is 0 Å². The minimum atomic E-state index is -0.427. The number of piperidine rings is 1. The van der Waals surface area contributed by atoms with E-state index < -0.39 is 5.82 Å². The standard InChI is InChI=1S/C19H22FN3O2/c20-17-6-3-9-22-18(17)25-16-11-19(24-13-16)7-4-10-23(14-19)12-15-5-1-2-8-21-15/h1-3,5-6,8-9,16H,4,7,10-14H2/t16-,19+/m1/s1. The molecule has 0 aliphatic carbocycles. The van der Waals surface area contributed by atoms with E-state index in [1.54, 1.807) is 12.3 Å². The van der Waals surface area contributed by atoms with E-state index in [1.807, 2.05) is 24.4 Å². The number of nitrogens with zero attached hydrogens (tertiary/aromatic N) is 3. The molecular weight excluding hydrogens is 321 g/mol. The van der Waals surface area contributed by atoms with E-state index >= 15 is 0 Å². The molecule has 6 heteroatoms. The molecule has 0 N–H and O–H groups in total. The molecule has 1 spiro atoms. The van der Waals surface area contributed by atoms with Crippen LogP contribution in [0.5, 0.6) is 5.88 Å². The van der Waals surface area contributed by atoms with E-state index in [0.29, 0.717) is 6.61 Å². The minimum Gasteiger partial charge on any atom is -0.470 e. The van der Waals surface area contributed by atoms with Gasteiger partial charge in [0.25, 0.3) is 5.88 Å². The monoisotopic (exact) mass is 343 g/mol. The van der Waals surface area contributed by atoms with Crippen LogP contribution in [0.3, 0.4) is 0 Å². The molecule has 2 atom stereocenters. The highest BCUT2D eigenvalue weighted by Gasteiger charge is 2.44. The molecular formula is C19H22FN3O2. The maximum absolute atomic E-state index is 13.7. The maximum Gasteiger partial charge on any atom is 0.250 e. The number of halogens is 1. The molecule has 0 radical (unpaired) electrons. The van der Waals surface area contributed by atoms with Gasteiger partial charge in [0.15, 0.2) is 5.82 Å². The van der Waals surface area contributed by atoms with Crippen molar-refractivity contribution in [1.82, 2.24) is 14.9 Å². The second kappa shape index (κ2) is 7.06. The molecule has 4 rings (SSSR count). The highest BCUT2D eigenvalue weighted by atomic mass is 19.1. The summed E-state index contributed by atoms with van der Waals surface area (Å²) in [6.07, 6.45) is 6.07. The van der Waals surface area contributed by atoms with Gasteiger partial charge in [-0.1, -0.05) is 6.07 Å². The lowest BCUT2D eigenvalue weighted by atomic mass is 9.89. The zero-order valence-electron chi connectivity index (χ0n) is 14.1. The van der Waals surface area contributed by atoms with Crippen LogP contribution in [0.4, 0.5) is 4.39 Å². The van der Waals surface area contributed by atoms with Gasteiger partial charge < -0.3 is 9.47 Å². The second-order valence-corrected chi connectivity index (χ2v) is 6.86. The van der Waals surface area contributed by atoms with Crippen molar-refractivity contribution in [3.05, 3.63) is 54.2 Å². The van der Waals surface area contributed by atoms with Gasteiger partial charge in [-0.2, -0.15) is 0 Å². The lowest BCUT2D eigenvalue weighted by Crippen LogP contribution is -2.47. The summed E-state index contributed by atoms with van der Waals surface area (Å²) in [7, 11) is 0. The zero-order valence-corrected chi connectivity index (χ0v) is 14.1. The van der Waals surface area contributed by atoms with Crippen LogP contribution >= 0.6 is 0 Å². The Hall–Kier alpha value is -2.05. The molecule has 2 fully saturated rings. The third-order valence-electron chi connectivity index (χ3n) is 4.91. The maximum atomic E-state index is 13.7. The Bertz CT molecular complexity index is 715. The SMILES string of the molecule is Fc1cccnc1O[C@H]1CO[C@@]2(CCCN(Cc3ccccn3)C2)C1. The van der Waals surface area contributed by atoms with E-state index in [4.69, 9.17) is 9.47 Å². The Morgan fingerprint density at radius 2 is 2.16 bits per heavy atom. The molecule has 5 nitrogen and oxygen atoms in total. The number of hydrogen-bond acceptors (Lipinski definition) is 5. The summed E-state index contributed by atoms with van der Waals surface area (Å²) in [6, 6.07) is 8.92. The molecule has 132 valence electrons. The second-order valence-electron chi connectivity index (χ2n) is 6.86. The average molecular weight is 343 g/mol. The molecule has 2 aliphatic rings. The van der Waals surface area contributed by atoms with Crippen molar-refractivity contribution < 1.29 is 13.9 Å². The summed E-state index contributed by atoms with van der Waals surface area (Å²) in [5.41, 5.74) is 0.865. The summed E-state index contributed by atoms with van der Waals surface area (Å²) < 4.78 is 25.6. The van der Waals surface area contributed by atoms with Crippen molar-refractivity contribution in [2.75, 3.05) is 19.7 Å².